The molecule has 0 aromatic heterocycles. The molecule has 0 saturated carbocycles. The second-order valence-corrected chi connectivity index (χ2v) is 10.4. The van der Waals surface area contributed by atoms with Gasteiger partial charge in [0.15, 0.2) is 0 Å². The van der Waals surface area contributed by atoms with E-state index in [0.29, 0.717) is 0 Å². The largest absolute Gasteiger partial charge is 0.392 e. The van der Waals surface area contributed by atoms with E-state index in [0.717, 1.165) is 64.6 Å². The summed E-state index contributed by atoms with van der Waals surface area (Å²) in [6.07, 6.45) is 0. The summed E-state index contributed by atoms with van der Waals surface area (Å²) < 4.78 is 1.96. The first-order valence-electron chi connectivity index (χ1n) is 11.7. The fourth-order valence-corrected chi connectivity index (χ4v) is 5.39. The van der Waals surface area contributed by atoms with E-state index in [4.69, 9.17) is 0 Å². The van der Waals surface area contributed by atoms with E-state index in [1.165, 1.54) is 0 Å². The molecule has 0 fully saturated rings. The third-order valence-corrected chi connectivity index (χ3v) is 7.48. The highest BCUT2D eigenvalue weighted by Gasteiger charge is 2.26. The predicted molar refractivity (Wildman–Crippen MR) is 155 cm³/mol. The van der Waals surface area contributed by atoms with Gasteiger partial charge in [-0.15, -0.1) is 0 Å². The normalized spacial score (nSPS) is 11.0. The monoisotopic (exact) mass is 598 g/mol. The predicted octanol–water partition coefficient (Wildman–Crippen LogP) is 8.86. The van der Waals surface area contributed by atoms with Crippen LogP contribution in [0.5, 0.6) is 0 Å². The number of rotatable bonds is 6. The molecular weight excluding hydrogens is 576 g/mol. The first kappa shape index (κ1) is 24.7. The molecule has 36 heavy (non-hydrogen) atoms. The van der Waals surface area contributed by atoms with Gasteiger partial charge in [0.2, 0.25) is 0 Å². The number of halogens is 2. The lowest BCUT2D eigenvalue weighted by atomic mass is 9.77. The molecule has 0 unspecified atom stereocenters. The van der Waals surface area contributed by atoms with Crippen molar-refractivity contribution in [2.75, 3.05) is 0 Å². The van der Waals surface area contributed by atoms with Crippen molar-refractivity contribution in [3.63, 3.8) is 0 Å². The maximum atomic E-state index is 10.8. The lowest BCUT2D eigenvalue weighted by Crippen LogP contribution is -2.06. The van der Waals surface area contributed by atoms with Gasteiger partial charge in [0.1, 0.15) is 0 Å². The molecule has 0 spiro atoms. The van der Waals surface area contributed by atoms with Crippen LogP contribution in [0.15, 0.2) is 118 Å². The summed E-state index contributed by atoms with van der Waals surface area (Å²) in [6, 6.07) is 36.8. The molecule has 5 aromatic carbocycles. The highest BCUT2D eigenvalue weighted by Crippen LogP contribution is 2.50. The minimum atomic E-state index is -0.195. The summed E-state index contributed by atoms with van der Waals surface area (Å²) in [5.41, 5.74) is 9.45. The molecule has 0 saturated heterocycles. The van der Waals surface area contributed by atoms with Crippen LogP contribution in [0.4, 0.5) is 0 Å². The summed E-state index contributed by atoms with van der Waals surface area (Å²) >= 11 is 7.10. The van der Waals surface area contributed by atoms with Gasteiger partial charge in [-0.25, -0.2) is 0 Å². The summed E-state index contributed by atoms with van der Waals surface area (Å²) in [5.74, 6) is 0. The minimum absolute atomic E-state index is 0.195. The lowest BCUT2D eigenvalue weighted by molar-refractivity contribution is 0.261. The Morgan fingerprint density at radius 1 is 0.389 bits per heavy atom. The van der Waals surface area contributed by atoms with Gasteiger partial charge in [-0.1, -0.05) is 117 Å². The first-order valence-corrected chi connectivity index (χ1v) is 13.3. The molecule has 0 aliphatic heterocycles. The molecule has 0 bridgehead atoms. The van der Waals surface area contributed by atoms with Crippen molar-refractivity contribution in [1.82, 2.24) is 0 Å². The molecule has 5 rings (SSSR count). The molecular formula is C32H24Br2O2. The van der Waals surface area contributed by atoms with Crippen LogP contribution < -0.4 is 0 Å². The third-order valence-electron chi connectivity index (χ3n) is 6.42. The fourth-order valence-electron chi connectivity index (χ4n) is 4.86. The van der Waals surface area contributed by atoms with Crippen molar-refractivity contribution in [3.05, 3.63) is 129 Å². The first-order chi connectivity index (χ1) is 17.6. The van der Waals surface area contributed by atoms with Gasteiger partial charge < -0.3 is 10.2 Å². The molecule has 4 heteroatoms. The van der Waals surface area contributed by atoms with Crippen LogP contribution in [0.1, 0.15) is 11.1 Å². The quantitative estimate of drug-likeness (QED) is 0.205. The van der Waals surface area contributed by atoms with E-state index in [9.17, 15) is 10.2 Å². The van der Waals surface area contributed by atoms with E-state index >= 15 is 0 Å². The Morgan fingerprint density at radius 3 is 1.00 bits per heavy atom. The summed E-state index contributed by atoms with van der Waals surface area (Å²) in [5, 5.41) is 21.5. The van der Waals surface area contributed by atoms with Gasteiger partial charge in [-0.2, -0.15) is 0 Å². The van der Waals surface area contributed by atoms with Gasteiger partial charge in [0.25, 0.3) is 0 Å². The van der Waals surface area contributed by atoms with Crippen LogP contribution in [0, 0.1) is 0 Å². The van der Waals surface area contributed by atoms with E-state index in [1.807, 2.05) is 60.7 Å². The Kier molecular flexibility index (Phi) is 7.49. The van der Waals surface area contributed by atoms with Crippen LogP contribution in [0.3, 0.4) is 0 Å². The Balaban J connectivity index is 2.03. The number of hydrogen-bond acceptors (Lipinski definition) is 2. The molecule has 5 aromatic rings. The van der Waals surface area contributed by atoms with Crippen LogP contribution in [0.25, 0.3) is 44.5 Å². The van der Waals surface area contributed by atoms with Gasteiger partial charge >= 0.3 is 0 Å². The smallest absolute Gasteiger partial charge is 0.0691 e. The average Bonchev–Trinajstić information content (AvgIpc) is 2.93. The zero-order chi connectivity index (χ0) is 25.1. The van der Waals surface area contributed by atoms with Crippen molar-refractivity contribution in [1.29, 1.82) is 0 Å². The summed E-state index contributed by atoms with van der Waals surface area (Å²) in [7, 11) is 0. The molecule has 0 heterocycles. The van der Waals surface area contributed by atoms with Crippen molar-refractivity contribution >= 4 is 31.9 Å². The highest BCUT2D eigenvalue weighted by molar-refractivity contribution is 9.10. The zero-order valence-corrected chi connectivity index (χ0v) is 22.6. The minimum Gasteiger partial charge on any atom is -0.392 e. The molecule has 0 aliphatic rings. The van der Waals surface area contributed by atoms with Crippen molar-refractivity contribution < 1.29 is 10.2 Å². The number of aliphatic hydroxyl groups is 2. The third kappa shape index (κ3) is 4.70. The number of hydrogen-bond donors (Lipinski definition) is 2. The molecule has 0 atom stereocenters. The molecule has 178 valence electrons. The van der Waals surface area contributed by atoms with Crippen molar-refractivity contribution in [2.24, 2.45) is 0 Å². The average molecular weight is 600 g/mol. The number of benzene rings is 5. The van der Waals surface area contributed by atoms with E-state index in [-0.39, 0.29) is 13.2 Å². The van der Waals surface area contributed by atoms with Crippen molar-refractivity contribution in [3.8, 4) is 44.5 Å². The van der Waals surface area contributed by atoms with E-state index in [1.54, 1.807) is 0 Å². The number of aliphatic hydroxyl groups excluding tert-OH is 2. The SMILES string of the molecule is OCc1c(CO)c(-c2ccc(Br)cc2)c(-c2ccccc2)c(-c2ccccc2)c1-c1ccc(Br)cc1. The van der Waals surface area contributed by atoms with Gasteiger partial charge in [0.05, 0.1) is 13.2 Å². The lowest BCUT2D eigenvalue weighted by Gasteiger charge is -2.27. The van der Waals surface area contributed by atoms with E-state index in [2.05, 4.69) is 80.4 Å². The zero-order valence-electron chi connectivity index (χ0n) is 19.5. The molecule has 0 radical (unpaired) electrons. The van der Waals surface area contributed by atoms with Crippen LogP contribution in [-0.4, -0.2) is 10.2 Å². The summed E-state index contributed by atoms with van der Waals surface area (Å²) in [4.78, 5) is 0. The Bertz CT molecular complexity index is 1360. The Morgan fingerprint density at radius 2 is 0.694 bits per heavy atom. The van der Waals surface area contributed by atoms with Gasteiger partial charge in [-0.05, 0) is 79.9 Å². The Hall–Kier alpha value is -3.02. The molecule has 2 N–H and O–H groups in total. The molecule has 0 aliphatic carbocycles. The maximum absolute atomic E-state index is 10.8. The van der Waals surface area contributed by atoms with Crippen LogP contribution in [0.2, 0.25) is 0 Å². The van der Waals surface area contributed by atoms with Crippen LogP contribution in [-0.2, 0) is 13.2 Å². The fraction of sp³-hybridized carbons (Fsp3) is 0.0625. The second kappa shape index (κ2) is 10.9. The molecule has 2 nitrogen and oxygen atoms in total. The highest BCUT2D eigenvalue weighted by atomic mass is 79.9. The van der Waals surface area contributed by atoms with Crippen molar-refractivity contribution in [2.45, 2.75) is 13.2 Å². The van der Waals surface area contributed by atoms with Crippen LogP contribution >= 0.6 is 31.9 Å². The maximum Gasteiger partial charge on any atom is 0.0691 e. The molecule has 0 amide bonds. The topological polar surface area (TPSA) is 40.5 Å². The Labute approximate surface area is 228 Å². The summed E-state index contributed by atoms with van der Waals surface area (Å²) in [6.45, 7) is -0.389. The second-order valence-electron chi connectivity index (χ2n) is 8.52. The van der Waals surface area contributed by atoms with Gasteiger partial charge in [0, 0.05) is 8.95 Å². The van der Waals surface area contributed by atoms with E-state index < -0.39 is 0 Å². The standard InChI is InChI=1S/C32H24Br2O2/c33-25-15-11-23(12-16-25)29-27(19-35)28(20-36)30(24-13-17-26(34)18-14-24)32(22-9-5-2-6-10-22)31(29)21-7-3-1-4-8-21/h1-18,35-36H,19-20H2. The van der Waals surface area contributed by atoms with Gasteiger partial charge in [-0.3, -0.25) is 0 Å².